The van der Waals surface area contributed by atoms with Gasteiger partial charge < -0.3 is 19.6 Å². The number of aliphatic hydroxyl groups is 1. The lowest BCUT2D eigenvalue weighted by atomic mass is 9.66. The number of nitrogens with zero attached hydrogens (tertiary/aromatic N) is 2. The van der Waals surface area contributed by atoms with E-state index in [1.54, 1.807) is 27.6 Å². The molecule has 3 heterocycles. The molecule has 2 amide bonds. The molecule has 4 rings (SSSR count). The Morgan fingerprint density at radius 3 is 2.61 bits per heavy atom. The van der Waals surface area contributed by atoms with Crippen molar-refractivity contribution >= 4 is 35.2 Å². The molecule has 1 N–H and O–H groups in total. The zero-order valence-corrected chi connectivity index (χ0v) is 23.9. The first-order chi connectivity index (χ1) is 18.0. The third kappa shape index (κ3) is 4.30. The average molecular weight is 541 g/mol. The number of esters is 1. The third-order valence-corrected chi connectivity index (χ3v) is 10.7. The van der Waals surface area contributed by atoms with Gasteiger partial charge in [0, 0.05) is 17.5 Å². The summed E-state index contributed by atoms with van der Waals surface area (Å²) in [5.41, 5.74) is 2.74. The molecule has 8 heteroatoms. The Hall–Kier alpha value is -2.58. The summed E-state index contributed by atoms with van der Waals surface area (Å²) in [7, 11) is 0. The molecule has 3 fully saturated rings. The fourth-order valence-electron chi connectivity index (χ4n) is 6.82. The number of likely N-dealkylation sites (tertiary alicyclic amines) is 1. The average Bonchev–Trinajstić information content (AvgIpc) is 3.46. The molecule has 0 aliphatic carbocycles. The van der Waals surface area contributed by atoms with Crippen molar-refractivity contribution in [2.24, 2.45) is 23.7 Å². The van der Waals surface area contributed by atoms with E-state index in [1.807, 2.05) is 45.9 Å². The van der Waals surface area contributed by atoms with E-state index in [0.717, 1.165) is 23.2 Å². The van der Waals surface area contributed by atoms with Crippen LogP contribution in [0.2, 0.25) is 0 Å². The summed E-state index contributed by atoms with van der Waals surface area (Å²) in [6.07, 6.45) is 3.93. The second kappa shape index (κ2) is 10.9. The molecular formula is C30H40N2O5S. The predicted octanol–water partition coefficient (Wildman–Crippen LogP) is 3.91. The highest BCUT2D eigenvalue weighted by molar-refractivity contribution is 8.02. The van der Waals surface area contributed by atoms with Crippen molar-refractivity contribution in [3.05, 3.63) is 54.6 Å². The Morgan fingerprint density at radius 1 is 1.29 bits per heavy atom. The number of anilines is 1. The summed E-state index contributed by atoms with van der Waals surface area (Å²) in [5.74, 6) is -2.25. The molecule has 0 saturated carbocycles. The van der Waals surface area contributed by atoms with Crippen LogP contribution in [0.4, 0.5) is 5.69 Å². The molecule has 0 aromatic heterocycles. The number of hydrogen-bond donors (Lipinski definition) is 1. The Morgan fingerprint density at radius 2 is 2.00 bits per heavy atom. The number of carbonyl (C=O) groups is 3. The lowest BCUT2D eigenvalue weighted by molar-refractivity contribution is -0.154. The molecule has 3 aliphatic heterocycles. The maximum absolute atomic E-state index is 14.8. The maximum atomic E-state index is 14.8. The highest BCUT2D eigenvalue weighted by Gasteiger charge is 2.77. The molecule has 7 nitrogen and oxygen atoms in total. The fourth-order valence-corrected chi connectivity index (χ4v) is 9.21. The molecule has 3 unspecified atom stereocenters. The van der Waals surface area contributed by atoms with Crippen molar-refractivity contribution in [2.75, 3.05) is 24.7 Å². The van der Waals surface area contributed by atoms with Gasteiger partial charge >= 0.3 is 5.97 Å². The van der Waals surface area contributed by atoms with Gasteiger partial charge in [-0.3, -0.25) is 14.4 Å². The van der Waals surface area contributed by atoms with Gasteiger partial charge in [-0.25, -0.2) is 0 Å². The van der Waals surface area contributed by atoms with E-state index in [1.165, 1.54) is 6.08 Å². The Bertz CT molecular complexity index is 1140. The summed E-state index contributed by atoms with van der Waals surface area (Å²) in [5, 5.41) is 10.4. The molecule has 3 aliphatic rings. The number of benzene rings is 1. The van der Waals surface area contributed by atoms with Crippen molar-refractivity contribution in [1.29, 1.82) is 0 Å². The van der Waals surface area contributed by atoms with Crippen LogP contribution < -0.4 is 4.90 Å². The van der Waals surface area contributed by atoms with Gasteiger partial charge in [0.05, 0.1) is 29.2 Å². The number of ether oxygens (including phenoxy) is 1. The van der Waals surface area contributed by atoms with Crippen LogP contribution >= 0.6 is 11.8 Å². The predicted molar refractivity (Wildman–Crippen MR) is 151 cm³/mol. The van der Waals surface area contributed by atoms with Crippen LogP contribution in [0.15, 0.2) is 43.5 Å². The number of fused-ring (bicyclic) bond motifs is 1. The van der Waals surface area contributed by atoms with E-state index in [9.17, 15) is 19.5 Å². The highest BCUT2D eigenvalue weighted by Crippen LogP contribution is 2.69. The zero-order chi connectivity index (χ0) is 27.9. The molecular weight excluding hydrogens is 500 g/mol. The molecule has 206 valence electrons. The minimum atomic E-state index is -0.832. The second-order valence-electron chi connectivity index (χ2n) is 11.2. The van der Waals surface area contributed by atoms with Crippen LogP contribution in [0.25, 0.3) is 0 Å². The van der Waals surface area contributed by atoms with Gasteiger partial charge in [0.25, 0.3) is 5.91 Å². The summed E-state index contributed by atoms with van der Waals surface area (Å²) in [4.78, 5) is 45.7. The van der Waals surface area contributed by atoms with Gasteiger partial charge in [-0.2, -0.15) is 0 Å². The smallest absolute Gasteiger partial charge is 0.311 e. The molecule has 7 atom stereocenters. The maximum Gasteiger partial charge on any atom is 0.311 e. The van der Waals surface area contributed by atoms with Crippen LogP contribution in [0.1, 0.15) is 38.3 Å². The fraction of sp³-hybridized carbons (Fsp3) is 0.567. The zero-order valence-electron chi connectivity index (χ0n) is 23.1. The highest BCUT2D eigenvalue weighted by atomic mass is 32.2. The number of amides is 2. The summed E-state index contributed by atoms with van der Waals surface area (Å²) >= 11 is 1.60. The van der Waals surface area contributed by atoms with E-state index in [-0.39, 0.29) is 48.7 Å². The number of aryl methyl sites for hydroxylation is 2. The third-order valence-electron chi connectivity index (χ3n) is 8.58. The van der Waals surface area contributed by atoms with Crippen LogP contribution in [0, 0.1) is 37.5 Å². The lowest BCUT2D eigenvalue weighted by Gasteiger charge is -2.43. The minimum absolute atomic E-state index is 0.0181. The molecule has 1 spiro atoms. The largest absolute Gasteiger partial charge is 0.461 e. The standard InChI is InChI=1S/C30H40N2O5S/c1-8-12-31(21-14-18(5)10-11-19(21)6)28(35)26-30-20(7)15-23(38-30)24(29(36)37-13-9-2)25(30)27(34)32(26)22(16-33)17(3)4/h8-11,14,17,20,22-26,33H,1-2,12-13,15-16H2,3-7H3/t20?,22-,23+,24-,25-,26?,30?/m0/s1. The van der Waals surface area contributed by atoms with E-state index < -0.39 is 34.6 Å². The summed E-state index contributed by atoms with van der Waals surface area (Å²) in [6, 6.07) is 4.59. The van der Waals surface area contributed by atoms with E-state index in [2.05, 4.69) is 20.1 Å². The van der Waals surface area contributed by atoms with Crippen LogP contribution in [-0.4, -0.2) is 69.6 Å². The minimum Gasteiger partial charge on any atom is -0.461 e. The van der Waals surface area contributed by atoms with Crippen molar-refractivity contribution in [3.8, 4) is 0 Å². The molecule has 3 saturated heterocycles. The first-order valence-corrected chi connectivity index (χ1v) is 14.3. The quantitative estimate of drug-likeness (QED) is 0.358. The first kappa shape index (κ1) is 28.4. The number of thioether (sulfide) groups is 1. The van der Waals surface area contributed by atoms with Crippen LogP contribution in [0.3, 0.4) is 0 Å². The van der Waals surface area contributed by atoms with Gasteiger partial charge in [0.2, 0.25) is 5.91 Å². The molecule has 2 bridgehead atoms. The van der Waals surface area contributed by atoms with E-state index in [0.29, 0.717) is 0 Å². The number of aliphatic hydroxyl groups excluding tert-OH is 1. The van der Waals surface area contributed by atoms with Gasteiger partial charge in [0.1, 0.15) is 12.6 Å². The molecule has 1 aromatic carbocycles. The second-order valence-corrected chi connectivity index (χ2v) is 12.8. The molecule has 38 heavy (non-hydrogen) atoms. The number of rotatable bonds is 10. The van der Waals surface area contributed by atoms with Crippen molar-refractivity contribution in [2.45, 2.75) is 63.1 Å². The number of carbonyl (C=O) groups excluding carboxylic acids is 3. The normalized spacial score (nSPS) is 30.3. The summed E-state index contributed by atoms with van der Waals surface area (Å²) in [6.45, 7) is 17.5. The lowest BCUT2D eigenvalue weighted by Crippen LogP contribution is -2.60. The van der Waals surface area contributed by atoms with E-state index >= 15 is 0 Å². The Balaban J connectivity index is 1.88. The molecule has 1 aromatic rings. The molecule has 0 radical (unpaired) electrons. The van der Waals surface area contributed by atoms with Crippen molar-refractivity contribution in [3.63, 3.8) is 0 Å². The first-order valence-electron chi connectivity index (χ1n) is 13.4. The van der Waals surface area contributed by atoms with Crippen LogP contribution in [0.5, 0.6) is 0 Å². The van der Waals surface area contributed by atoms with E-state index in [4.69, 9.17) is 4.74 Å². The number of hydrogen-bond acceptors (Lipinski definition) is 6. The van der Waals surface area contributed by atoms with Gasteiger partial charge in [-0.15, -0.1) is 18.3 Å². The Labute approximate surface area is 230 Å². The van der Waals surface area contributed by atoms with Gasteiger partial charge in [-0.05, 0) is 49.3 Å². The SMILES string of the molecule is C=CCOC(=O)[C@@H]1[C@H]2C(=O)N([C@@H](CO)C(C)C)C(C(=O)N(CC=C)c3cc(C)ccc3C)C23S[C@@H]1CC3C. The van der Waals surface area contributed by atoms with Crippen LogP contribution in [-0.2, 0) is 19.1 Å². The summed E-state index contributed by atoms with van der Waals surface area (Å²) < 4.78 is 4.67. The Kier molecular flexibility index (Phi) is 8.15. The van der Waals surface area contributed by atoms with Gasteiger partial charge in [0.15, 0.2) is 0 Å². The van der Waals surface area contributed by atoms with Crippen molar-refractivity contribution < 1.29 is 24.2 Å². The monoisotopic (exact) mass is 540 g/mol. The van der Waals surface area contributed by atoms with Gasteiger partial charge in [-0.1, -0.05) is 51.6 Å². The van der Waals surface area contributed by atoms with Crippen molar-refractivity contribution in [1.82, 2.24) is 4.90 Å². The topological polar surface area (TPSA) is 87.1 Å².